The summed E-state index contributed by atoms with van der Waals surface area (Å²) in [5, 5.41) is 6.21. The lowest BCUT2D eigenvalue weighted by Crippen LogP contribution is -2.38. The summed E-state index contributed by atoms with van der Waals surface area (Å²) >= 11 is 0. The Balaban J connectivity index is 0.00000208. The van der Waals surface area contributed by atoms with Gasteiger partial charge >= 0.3 is 0 Å². The molecule has 1 fully saturated rings. The summed E-state index contributed by atoms with van der Waals surface area (Å²) in [6, 6.07) is 6.00. The number of benzene rings is 1. The SMILES string of the molecule is Cl.O=C(NCCc1coc(-c2ccc(F)cc2)n1)C1CCNCC1. The van der Waals surface area contributed by atoms with Crippen molar-refractivity contribution >= 4 is 18.3 Å². The summed E-state index contributed by atoms with van der Waals surface area (Å²) in [5.41, 5.74) is 1.51. The van der Waals surface area contributed by atoms with Crippen LogP contribution in [0.15, 0.2) is 34.9 Å². The van der Waals surface area contributed by atoms with E-state index in [9.17, 15) is 9.18 Å². The highest BCUT2D eigenvalue weighted by Gasteiger charge is 2.20. The van der Waals surface area contributed by atoms with Crippen molar-refractivity contribution in [3.8, 4) is 11.5 Å². The highest BCUT2D eigenvalue weighted by Crippen LogP contribution is 2.19. The Morgan fingerprint density at radius 2 is 2.00 bits per heavy atom. The van der Waals surface area contributed by atoms with Crippen molar-refractivity contribution in [1.29, 1.82) is 0 Å². The number of hydrogen-bond acceptors (Lipinski definition) is 4. The Kier molecular flexibility index (Phi) is 6.75. The number of amides is 1. The maximum absolute atomic E-state index is 12.9. The normalized spacial score (nSPS) is 14.9. The number of oxazole rings is 1. The van der Waals surface area contributed by atoms with Crippen molar-refractivity contribution in [3.05, 3.63) is 42.0 Å². The number of nitrogens with zero attached hydrogens (tertiary/aromatic N) is 1. The van der Waals surface area contributed by atoms with Crippen LogP contribution in [0.1, 0.15) is 18.5 Å². The molecule has 0 unspecified atom stereocenters. The fourth-order valence-electron chi connectivity index (χ4n) is 2.69. The highest BCUT2D eigenvalue weighted by atomic mass is 35.5. The van der Waals surface area contributed by atoms with Crippen LogP contribution in [-0.2, 0) is 11.2 Å². The van der Waals surface area contributed by atoms with E-state index in [0.717, 1.165) is 37.2 Å². The third-order valence-electron chi connectivity index (χ3n) is 4.03. The van der Waals surface area contributed by atoms with Crippen LogP contribution in [0.5, 0.6) is 0 Å². The summed E-state index contributed by atoms with van der Waals surface area (Å²) < 4.78 is 18.3. The molecule has 0 aliphatic carbocycles. The summed E-state index contributed by atoms with van der Waals surface area (Å²) in [6.07, 6.45) is 3.98. The molecule has 7 heteroatoms. The maximum Gasteiger partial charge on any atom is 0.226 e. The molecule has 2 aromatic rings. The van der Waals surface area contributed by atoms with E-state index in [4.69, 9.17) is 4.42 Å². The van der Waals surface area contributed by atoms with E-state index in [0.29, 0.717) is 18.9 Å². The van der Waals surface area contributed by atoms with Gasteiger partial charge in [0.2, 0.25) is 11.8 Å². The molecule has 1 aromatic carbocycles. The number of halogens is 2. The molecule has 1 aromatic heterocycles. The zero-order valence-corrected chi connectivity index (χ0v) is 14.1. The molecule has 2 N–H and O–H groups in total. The molecule has 0 radical (unpaired) electrons. The van der Waals surface area contributed by atoms with E-state index in [2.05, 4.69) is 15.6 Å². The summed E-state index contributed by atoms with van der Waals surface area (Å²) in [6.45, 7) is 2.35. The van der Waals surface area contributed by atoms with Crippen LogP contribution in [-0.4, -0.2) is 30.5 Å². The van der Waals surface area contributed by atoms with Gasteiger partial charge in [0.1, 0.15) is 12.1 Å². The molecule has 1 aliphatic rings. The van der Waals surface area contributed by atoms with Gasteiger partial charge in [-0.3, -0.25) is 4.79 Å². The van der Waals surface area contributed by atoms with Gasteiger partial charge in [0.25, 0.3) is 0 Å². The van der Waals surface area contributed by atoms with Crippen molar-refractivity contribution in [1.82, 2.24) is 15.6 Å². The first-order chi connectivity index (χ1) is 11.2. The molecule has 0 saturated carbocycles. The number of aromatic nitrogens is 1. The molecule has 130 valence electrons. The Hall–Kier alpha value is -1.92. The summed E-state index contributed by atoms with van der Waals surface area (Å²) in [4.78, 5) is 16.4. The van der Waals surface area contributed by atoms with E-state index >= 15 is 0 Å². The first kappa shape index (κ1) is 18.4. The van der Waals surface area contributed by atoms with Gasteiger partial charge in [0, 0.05) is 24.4 Å². The lowest BCUT2D eigenvalue weighted by molar-refractivity contribution is -0.125. The highest BCUT2D eigenvalue weighted by molar-refractivity contribution is 5.85. The summed E-state index contributed by atoms with van der Waals surface area (Å²) in [5.74, 6) is 0.405. The minimum atomic E-state index is -0.291. The fraction of sp³-hybridized carbons (Fsp3) is 0.412. The van der Waals surface area contributed by atoms with Crippen LogP contribution in [0.3, 0.4) is 0 Å². The molecular weight excluding hydrogens is 333 g/mol. The molecular formula is C17H21ClFN3O2. The second kappa shape index (κ2) is 8.80. The van der Waals surface area contributed by atoms with Crippen LogP contribution in [0.25, 0.3) is 11.5 Å². The van der Waals surface area contributed by atoms with E-state index < -0.39 is 0 Å². The van der Waals surface area contributed by atoms with Gasteiger partial charge in [-0.1, -0.05) is 0 Å². The zero-order chi connectivity index (χ0) is 16.1. The van der Waals surface area contributed by atoms with Gasteiger partial charge in [0.15, 0.2) is 0 Å². The monoisotopic (exact) mass is 353 g/mol. The Labute approximate surface area is 146 Å². The number of carbonyl (C=O) groups is 1. The zero-order valence-electron chi connectivity index (χ0n) is 13.3. The average molecular weight is 354 g/mol. The van der Waals surface area contributed by atoms with Gasteiger partial charge in [-0.05, 0) is 50.2 Å². The van der Waals surface area contributed by atoms with Crippen LogP contribution in [0.4, 0.5) is 4.39 Å². The number of carbonyl (C=O) groups excluding carboxylic acids is 1. The lowest BCUT2D eigenvalue weighted by Gasteiger charge is -2.21. The maximum atomic E-state index is 12.9. The molecule has 5 nitrogen and oxygen atoms in total. The third kappa shape index (κ3) is 4.79. The predicted molar refractivity (Wildman–Crippen MR) is 91.5 cm³/mol. The second-order valence-electron chi connectivity index (χ2n) is 5.72. The summed E-state index contributed by atoms with van der Waals surface area (Å²) in [7, 11) is 0. The van der Waals surface area contributed by atoms with E-state index in [-0.39, 0.29) is 30.0 Å². The van der Waals surface area contributed by atoms with E-state index in [1.54, 1.807) is 18.4 Å². The lowest BCUT2D eigenvalue weighted by atomic mass is 9.97. The molecule has 0 atom stereocenters. The molecule has 1 amide bonds. The quantitative estimate of drug-likeness (QED) is 0.867. The Morgan fingerprint density at radius 1 is 1.29 bits per heavy atom. The number of nitrogens with one attached hydrogen (secondary N) is 2. The van der Waals surface area contributed by atoms with Gasteiger partial charge in [-0.25, -0.2) is 9.37 Å². The van der Waals surface area contributed by atoms with Crippen LogP contribution < -0.4 is 10.6 Å². The van der Waals surface area contributed by atoms with Crippen molar-refractivity contribution < 1.29 is 13.6 Å². The van der Waals surface area contributed by atoms with E-state index in [1.165, 1.54) is 12.1 Å². The van der Waals surface area contributed by atoms with Gasteiger partial charge < -0.3 is 15.1 Å². The van der Waals surface area contributed by atoms with Crippen molar-refractivity contribution in [3.63, 3.8) is 0 Å². The van der Waals surface area contributed by atoms with Crippen molar-refractivity contribution in [2.45, 2.75) is 19.3 Å². The van der Waals surface area contributed by atoms with Crippen LogP contribution in [0.2, 0.25) is 0 Å². The molecule has 2 heterocycles. The number of hydrogen-bond donors (Lipinski definition) is 2. The average Bonchev–Trinajstić information content (AvgIpc) is 3.05. The van der Waals surface area contributed by atoms with Crippen LogP contribution in [0, 0.1) is 11.7 Å². The van der Waals surface area contributed by atoms with Crippen molar-refractivity contribution in [2.75, 3.05) is 19.6 Å². The van der Waals surface area contributed by atoms with Gasteiger partial charge in [-0.15, -0.1) is 12.4 Å². The number of rotatable bonds is 5. The number of piperidine rings is 1. The predicted octanol–water partition coefficient (Wildman–Crippen LogP) is 2.56. The van der Waals surface area contributed by atoms with Gasteiger partial charge in [0.05, 0.1) is 5.69 Å². The molecule has 0 spiro atoms. The first-order valence-electron chi connectivity index (χ1n) is 7.91. The molecule has 24 heavy (non-hydrogen) atoms. The standard InChI is InChI=1S/C17H20FN3O2.ClH/c18-14-3-1-13(2-4-14)17-21-15(11-23-17)7-10-20-16(22)12-5-8-19-9-6-12;/h1-4,11-12,19H,5-10H2,(H,20,22);1H. The van der Waals surface area contributed by atoms with E-state index in [1.807, 2.05) is 0 Å². The smallest absolute Gasteiger partial charge is 0.226 e. The topological polar surface area (TPSA) is 67.2 Å². The minimum Gasteiger partial charge on any atom is -0.444 e. The molecule has 0 bridgehead atoms. The van der Waals surface area contributed by atoms with Crippen LogP contribution >= 0.6 is 12.4 Å². The third-order valence-corrected chi connectivity index (χ3v) is 4.03. The Morgan fingerprint density at radius 3 is 2.71 bits per heavy atom. The molecule has 1 aliphatic heterocycles. The molecule has 3 rings (SSSR count). The first-order valence-corrected chi connectivity index (χ1v) is 7.91. The van der Waals surface area contributed by atoms with Crippen molar-refractivity contribution in [2.24, 2.45) is 5.92 Å². The second-order valence-corrected chi connectivity index (χ2v) is 5.72. The minimum absolute atomic E-state index is 0. The Bertz CT molecular complexity index is 654. The largest absolute Gasteiger partial charge is 0.444 e. The van der Waals surface area contributed by atoms with Gasteiger partial charge in [-0.2, -0.15) is 0 Å². The fourth-order valence-corrected chi connectivity index (χ4v) is 2.69. The molecule has 1 saturated heterocycles.